The largest absolute Gasteiger partial charge is 0.481 e. The van der Waals surface area contributed by atoms with Gasteiger partial charge in [0.15, 0.2) is 0 Å². The molecule has 0 aromatic rings. The Morgan fingerprint density at radius 3 is 2.67 bits per heavy atom. The maximum Gasteiger partial charge on any atom is 0.311 e. The zero-order valence-electron chi connectivity index (χ0n) is 12.5. The number of amides is 1. The molecule has 3 aliphatic rings. The lowest BCUT2D eigenvalue weighted by Crippen LogP contribution is -2.50. The van der Waals surface area contributed by atoms with Crippen LogP contribution in [0.1, 0.15) is 32.6 Å². The Bertz CT molecular complexity index is 428. The van der Waals surface area contributed by atoms with Crippen LogP contribution >= 0.6 is 0 Å². The zero-order chi connectivity index (χ0) is 15.0. The summed E-state index contributed by atoms with van der Waals surface area (Å²) in [6, 6.07) is 0.448. The van der Waals surface area contributed by atoms with Gasteiger partial charge in [0.2, 0.25) is 5.91 Å². The number of carboxylic acid groups (broad SMARTS) is 1. The Morgan fingerprint density at radius 2 is 2.10 bits per heavy atom. The van der Waals surface area contributed by atoms with E-state index < -0.39 is 11.9 Å². The average Bonchev–Trinajstić information content (AvgIpc) is 3.18. The van der Waals surface area contributed by atoms with Gasteiger partial charge in [0.25, 0.3) is 0 Å². The molecule has 0 aliphatic carbocycles. The summed E-state index contributed by atoms with van der Waals surface area (Å²) < 4.78 is 5.34. The number of hydrogen-bond donors (Lipinski definition) is 2. The summed E-state index contributed by atoms with van der Waals surface area (Å²) in [6.07, 6.45) is 3.95. The highest BCUT2D eigenvalue weighted by Gasteiger charge is 2.47. The van der Waals surface area contributed by atoms with E-state index >= 15 is 0 Å². The third-order valence-corrected chi connectivity index (χ3v) is 5.13. The van der Waals surface area contributed by atoms with Crippen molar-refractivity contribution in [1.82, 2.24) is 10.2 Å². The standard InChI is InChI=1S/C15H24N2O4/c1-2-5-17(13-8-21-7-11(13)15(19)20)14(18)10-6-9-3-4-12(10)16-9/h9-13,16H,2-8H2,1H3,(H,19,20). The van der Waals surface area contributed by atoms with Crippen LogP contribution in [-0.2, 0) is 14.3 Å². The van der Waals surface area contributed by atoms with Crippen LogP contribution in [0, 0.1) is 11.8 Å². The normalized spacial score (nSPS) is 37.9. The molecule has 3 fully saturated rings. The van der Waals surface area contributed by atoms with Gasteiger partial charge >= 0.3 is 5.97 Å². The predicted octanol–water partition coefficient (Wildman–Crippen LogP) is 0.465. The van der Waals surface area contributed by atoms with Crippen LogP contribution in [-0.4, -0.2) is 59.8 Å². The Hall–Kier alpha value is -1.14. The van der Waals surface area contributed by atoms with Crippen molar-refractivity contribution in [3.8, 4) is 0 Å². The summed E-state index contributed by atoms with van der Waals surface area (Å²) >= 11 is 0. The Labute approximate surface area is 124 Å². The zero-order valence-corrected chi connectivity index (χ0v) is 12.5. The Morgan fingerprint density at radius 1 is 1.29 bits per heavy atom. The van der Waals surface area contributed by atoms with E-state index in [0.717, 1.165) is 25.7 Å². The lowest BCUT2D eigenvalue weighted by atomic mass is 9.87. The molecule has 5 atom stereocenters. The second kappa shape index (κ2) is 5.93. The predicted molar refractivity (Wildman–Crippen MR) is 75.8 cm³/mol. The monoisotopic (exact) mass is 296 g/mol. The van der Waals surface area contributed by atoms with Crippen molar-refractivity contribution < 1.29 is 19.4 Å². The fraction of sp³-hybridized carbons (Fsp3) is 0.867. The van der Waals surface area contributed by atoms with Crippen molar-refractivity contribution in [1.29, 1.82) is 0 Å². The first kappa shape index (κ1) is 14.8. The second-order valence-electron chi connectivity index (χ2n) is 6.47. The fourth-order valence-electron chi connectivity index (χ4n) is 4.08. The second-order valence-corrected chi connectivity index (χ2v) is 6.47. The molecular formula is C15H24N2O4. The van der Waals surface area contributed by atoms with E-state index in [1.807, 2.05) is 6.92 Å². The molecule has 0 saturated carbocycles. The minimum atomic E-state index is -0.863. The number of carboxylic acids is 1. The van der Waals surface area contributed by atoms with Gasteiger partial charge in [0.1, 0.15) is 5.92 Å². The molecule has 6 heteroatoms. The molecule has 3 aliphatic heterocycles. The van der Waals surface area contributed by atoms with E-state index in [-0.39, 0.29) is 30.5 Å². The van der Waals surface area contributed by atoms with E-state index in [1.54, 1.807) is 4.90 Å². The van der Waals surface area contributed by atoms with Gasteiger partial charge in [-0.3, -0.25) is 9.59 Å². The summed E-state index contributed by atoms with van der Waals surface area (Å²) in [7, 11) is 0. The molecule has 0 spiro atoms. The molecule has 3 saturated heterocycles. The lowest BCUT2D eigenvalue weighted by Gasteiger charge is -2.34. The van der Waals surface area contributed by atoms with Gasteiger partial charge in [-0.1, -0.05) is 6.92 Å². The van der Waals surface area contributed by atoms with Gasteiger partial charge in [0.05, 0.1) is 25.2 Å². The number of aliphatic carboxylic acids is 1. The minimum absolute atomic E-state index is 0.0188. The van der Waals surface area contributed by atoms with Crippen molar-refractivity contribution in [3.05, 3.63) is 0 Å². The van der Waals surface area contributed by atoms with Gasteiger partial charge in [-0.2, -0.15) is 0 Å². The van der Waals surface area contributed by atoms with Crippen LogP contribution in [0.2, 0.25) is 0 Å². The number of carbonyl (C=O) groups excluding carboxylic acids is 1. The first-order valence-corrected chi connectivity index (χ1v) is 7.99. The maximum atomic E-state index is 12.9. The quantitative estimate of drug-likeness (QED) is 0.771. The van der Waals surface area contributed by atoms with Gasteiger partial charge in [0, 0.05) is 18.6 Å². The number of carbonyl (C=O) groups is 2. The van der Waals surface area contributed by atoms with E-state index in [1.165, 1.54) is 0 Å². The van der Waals surface area contributed by atoms with Gasteiger partial charge in [-0.25, -0.2) is 0 Å². The molecule has 118 valence electrons. The highest BCUT2D eigenvalue weighted by Crippen LogP contribution is 2.35. The molecular weight excluding hydrogens is 272 g/mol. The summed E-state index contributed by atoms with van der Waals surface area (Å²) in [5.41, 5.74) is 0. The van der Waals surface area contributed by atoms with Gasteiger partial charge in [-0.05, 0) is 25.7 Å². The Kier molecular flexibility index (Phi) is 4.17. The molecule has 2 N–H and O–H groups in total. The summed E-state index contributed by atoms with van der Waals surface area (Å²) in [6.45, 7) is 3.19. The number of nitrogens with one attached hydrogen (secondary N) is 1. The SMILES string of the molecule is CCCN(C(=O)C1CC2CCC1N2)C1COCC1C(=O)O. The van der Waals surface area contributed by atoms with E-state index in [4.69, 9.17) is 4.74 Å². The van der Waals surface area contributed by atoms with Gasteiger partial charge < -0.3 is 20.1 Å². The third kappa shape index (κ3) is 2.66. The van der Waals surface area contributed by atoms with E-state index in [9.17, 15) is 14.7 Å². The van der Waals surface area contributed by atoms with Crippen LogP contribution in [0.4, 0.5) is 0 Å². The lowest BCUT2D eigenvalue weighted by molar-refractivity contribution is -0.146. The highest BCUT2D eigenvalue weighted by molar-refractivity contribution is 5.82. The molecule has 3 rings (SSSR count). The van der Waals surface area contributed by atoms with Crippen LogP contribution < -0.4 is 5.32 Å². The smallest absolute Gasteiger partial charge is 0.311 e. The number of nitrogens with zero attached hydrogens (tertiary/aromatic N) is 1. The van der Waals surface area contributed by atoms with E-state index in [0.29, 0.717) is 19.2 Å². The fourth-order valence-corrected chi connectivity index (χ4v) is 4.08. The van der Waals surface area contributed by atoms with Gasteiger partial charge in [-0.15, -0.1) is 0 Å². The van der Waals surface area contributed by atoms with Crippen LogP contribution in [0.5, 0.6) is 0 Å². The molecule has 5 unspecified atom stereocenters. The number of fused-ring (bicyclic) bond motifs is 2. The molecule has 0 radical (unpaired) electrons. The molecule has 1 amide bonds. The molecule has 0 aromatic carbocycles. The summed E-state index contributed by atoms with van der Waals surface area (Å²) in [4.78, 5) is 26.1. The van der Waals surface area contributed by atoms with Crippen LogP contribution in [0.15, 0.2) is 0 Å². The topological polar surface area (TPSA) is 78.9 Å². The third-order valence-electron chi connectivity index (χ3n) is 5.13. The van der Waals surface area contributed by atoms with Crippen molar-refractivity contribution in [2.75, 3.05) is 19.8 Å². The Balaban J connectivity index is 1.74. The molecule has 3 heterocycles. The van der Waals surface area contributed by atoms with Crippen molar-refractivity contribution in [2.24, 2.45) is 11.8 Å². The minimum Gasteiger partial charge on any atom is -0.481 e. The first-order chi connectivity index (χ1) is 10.1. The van der Waals surface area contributed by atoms with E-state index in [2.05, 4.69) is 5.32 Å². The van der Waals surface area contributed by atoms with Crippen molar-refractivity contribution >= 4 is 11.9 Å². The van der Waals surface area contributed by atoms with Crippen LogP contribution in [0.25, 0.3) is 0 Å². The number of hydrogen-bond acceptors (Lipinski definition) is 4. The number of ether oxygens (including phenoxy) is 1. The highest BCUT2D eigenvalue weighted by atomic mass is 16.5. The first-order valence-electron chi connectivity index (χ1n) is 7.99. The van der Waals surface area contributed by atoms with Crippen LogP contribution in [0.3, 0.4) is 0 Å². The molecule has 21 heavy (non-hydrogen) atoms. The van der Waals surface area contributed by atoms with Crippen molar-refractivity contribution in [3.63, 3.8) is 0 Å². The van der Waals surface area contributed by atoms with Crippen molar-refractivity contribution in [2.45, 2.75) is 50.7 Å². The molecule has 0 aromatic heterocycles. The molecule has 2 bridgehead atoms. The average molecular weight is 296 g/mol. The molecule has 6 nitrogen and oxygen atoms in total. The maximum absolute atomic E-state index is 12.9. The summed E-state index contributed by atoms with van der Waals surface area (Å²) in [5.74, 6) is -1.31. The summed E-state index contributed by atoms with van der Waals surface area (Å²) in [5, 5.41) is 12.8. The number of rotatable bonds is 5.